The standard InChI is InChI=1S/C20H19N3O4/c1-10-9-22-19(24)17-14(16(20(25)26)11(2)23-18(10)17)7-13-5-4-12(8-21)6-15(13)27-3/h4-6,9,14,23H,7H2,1-3H3,(H,22,24)(H,25,26). The van der Waals surface area contributed by atoms with E-state index in [4.69, 9.17) is 10.00 Å². The first-order chi connectivity index (χ1) is 12.9. The third-order valence-corrected chi connectivity index (χ3v) is 4.81. The third kappa shape index (κ3) is 3.17. The summed E-state index contributed by atoms with van der Waals surface area (Å²) in [5.41, 5.74) is 3.34. The van der Waals surface area contributed by atoms with Crippen molar-refractivity contribution >= 4 is 11.7 Å². The number of aromatic nitrogens is 1. The number of allylic oxidation sites excluding steroid dienone is 1. The summed E-state index contributed by atoms with van der Waals surface area (Å²) in [5.74, 6) is -1.24. The van der Waals surface area contributed by atoms with E-state index < -0.39 is 11.9 Å². The number of carboxylic acid groups (broad SMARTS) is 1. The number of hydrogen-bond acceptors (Lipinski definition) is 5. The Morgan fingerprint density at radius 1 is 1.37 bits per heavy atom. The molecule has 2 heterocycles. The van der Waals surface area contributed by atoms with Gasteiger partial charge >= 0.3 is 5.97 Å². The molecule has 0 fully saturated rings. The maximum atomic E-state index is 12.6. The van der Waals surface area contributed by atoms with Crippen molar-refractivity contribution in [2.75, 3.05) is 12.4 Å². The summed E-state index contributed by atoms with van der Waals surface area (Å²) in [5, 5.41) is 21.9. The van der Waals surface area contributed by atoms with E-state index in [0.29, 0.717) is 28.3 Å². The molecular weight excluding hydrogens is 346 g/mol. The van der Waals surface area contributed by atoms with Gasteiger partial charge in [-0.25, -0.2) is 4.79 Å². The maximum absolute atomic E-state index is 12.6. The minimum absolute atomic E-state index is 0.144. The molecule has 3 N–H and O–H groups in total. The number of hydrogen-bond donors (Lipinski definition) is 3. The Balaban J connectivity index is 2.19. The Bertz CT molecular complexity index is 1060. The number of anilines is 1. The second-order valence-electron chi connectivity index (χ2n) is 6.45. The highest BCUT2D eigenvalue weighted by molar-refractivity contribution is 5.92. The van der Waals surface area contributed by atoms with Crippen molar-refractivity contribution in [3.63, 3.8) is 0 Å². The highest BCUT2D eigenvalue weighted by Crippen LogP contribution is 2.40. The minimum atomic E-state index is -1.08. The van der Waals surface area contributed by atoms with Gasteiger partial charge < -0.3 is 20.1 Å². The molecular formula is C20H19N3O4. The fraction of sp³-hybridized carbons (Fsp3) is 0.250. The number of aromatic amines is 1. The maximum Gasteiger partial charge on any atom is 0.333 e. The zero-order valence-corrected chi connectivity index (χ0v) is 15.2. The lowest BCUT2D eigenvalue weighted by Gasteiger charge is -2.29. The number of rotatable bonds is 4. The molecule has 2 aromatic rings. The van der Waals surface area contributed by atoms with E-state index in [1.54, 1.807) is 31.3 Å². The normalized spacial score (nSPS) is 15.6. The quantitative estimate of drug-likeness (QED) is 0.767. The van der Waals surface area contributed by atoms with Crippen LogP contribution in [0.5, 0.6) is 5.75 Å². The van der Waals surface area contributed by atoms with Gasteiger partial charge in [0.15, 0.2) is 0 Å². The molecule has 1 aromatic carbocycles. The number of fused-ring (bicyclic) bond motifs is 1. The highest BCUT2D eigenvalue weighted by Gasteiger charge is 2.34. The average Bonchev–Trinajstić information content (AvgIpc) is 2.64. The first kappa shape index (κ1) is 18.3. The van der Waals surface area contributed by atoms with Crippen LogP contribution >= 0.6 is 0 Å². The van der Waals surface area contributed by atoms with Crippen molar-refractivity contribution in [1.82, 2.24) is 4.98 Å². The van der Waals surface area contributed by atoms with Gasteiger partial charge in [0.1, 0.15) is 5.75 Å². The van der Waals surface area contributed by atoms with E-state index in [1.165, 1.54) is 7.11 Å². The molecule has 1 unspecified atom stereocenters. The van der Waals surface area contributed by atoms with Gasteiger partial charge in [-0.3, -0.25) is 4.79 Å². The van der Waals surface area contributed by atoms with Gasteiger partial charge in [0.25, 0.3) is 5.56 Å². The Morgan fingerprint density at radius 3 is 2.74 bits per heavy atom. The van der Waals surface area contributed by atoms with Crippen LogP contribution < -0.4 is 15.6 Å². The first-order valence-corrected chi connectivity index (χ1v) is 8.37. The lowest BCUT2D eigenvalue weighted by Crippen LogP contribution is -2.30. The molecule has 0 bridgehead atoms. The van der Waals surface area contributed by atoms with Gasteiger partial charge in [0.2, 0.25) is 0 Å². The van der Waals surface area contributed by atoms with Gasteiger partial charge in [-0.05, 0) is 43.5 Å². The number of H-pyrrole nitrogens is 1. The molecule has 138 valence electrons. The number of nitrogens with one attached hydrogen (secondary N) is 2. The third-order valence-electron chi connectivity index (χ3n) is 4.81. The molecule has 0 saturated carbocycles. The Hall–Kier alpha value is -3.53. The van der Waals surface area contributed by atoms with Crippen molar-refractivity contribution in [3.8, 4) is 11.8 Å². The van der Waals surface area contributed by atoms with E-state index in [1.807, 2.05) is 6.92 Å². The molecule has 1 aromatic heterocycles. The van der Waals surface area contributed by atoms with Crippen LogP contribution in [0.3, 0.4) is 0 Å². The van der Waals surface area contributed by atoms with Crippen LogP contribution in [0.4, 0.5) is 5.69 Å². The molecule has 1 aliphatic heterocycles. The van der Waals surface area contributed by atoms with E-state index in [9.17, 15) is 14.7 Å². The van der Waals surface area contributed by atoms with Crippen molar-refractivity contribution in [3.05, 3.63) is 68.3 Å². The summed E-state index contributed by atoms with van der Waals surface area (Å²) < 4.78 is 5.38. The van der Waals surface area contributed by atoms with Crippen molar-refractivity contribution in [1.29, 1.82) is 5.26 Å². The zero-order chi connectivity index (χ0) is 19.7. The number of nitrogens with zero attached hydrogens (tertiary/aromatic N) is 1. The predicted molar refractivity (Wildman–Crippen MR) is 99.9 cm³/mol. The van der Waals surface area contributed by atoms with E-state index in [0.717, 1.165) is 11.1 Å². The van der Waals surface area contributed by atoms with Crippen LogP contribution in [0, 0.1) is 18.3 Å². The molecule has 1 aliphatic rings. The van der Waals surface area contributed by atoms with Crippen molar-refractivity contribution in [2.24, 2.45) is 0 Å². The largest absolute Gasteiger partial charge is 0.496 e. The molecule has 1 atom stereocenters. The van der Waals surface area contributed by atoms with Gasteiger partial charge in [0.05, 0.1) is 30.0 Å². The SMILES string of the molecule is COc1cc(C#N)ccc1CC1C(C(=O)O)=C(C)Nc2c(C)c[nH]c(=O)c21. The molecule has 0 spiro atoms. The van der Waals surface area contributed by atoms with Crippen LogP contribution in [0.2, 0.25) is 0 Å². The molecule has 0 radical (unpaired) electrons. The summed E-state index contributed by atoms with van der Waals surface area (Å²) in [4.78, 5) is 27.2. The van der Waals surface area contributed by atoms with E-state index >= 15 is 0 Å². The lowest BCUT2D eigenvalue weighted by molar-refractivity contribution is -0.133. The zero-order valence-electron chi connectivity index (χ0n) is 15.2. The number of benzene rings is 1. The van der Waals surface area contributed by atoms with Gasteiger partial charge in [0, 0.05) is 23.4 Å². The van der Waals surface area contributed by atoms with E-state index in [2.05, 4.69) is 16.4 Å². The minimum Gasteiger partial charge on any atom is -0.496 e. The average molecular weight is 365 g/mol. The Morgan fingerprint density at radius 2 is 2.11 bits per heavy atom. The van der Waals surface area contributed by atoms with Crippen molar-refractivity contribution < 1.29 is 14.6 Å². The number of pyridine rings is 1. The summed E-state index contributed by atoms with van der Waals surface area (Å²) in [6.45, 7) is 3.54. The molecule has 3 rings (SSSR count). The van der Waals surface area contributed by atoms with Gasteiger partial charge in [-0.1, -0.05) is 6.07 Å². The monoisotopic (exact) mass is 365 g/mol. The molecule has 0 amide bonds. The number of carbonyl (C=O) groups is 1. The Labute approximate surface area is 155 Å². The van der Waals surface area contributed by atoms with Crippen LogP contribution in [-0.4, -0.2) is 23.2 Å². The van der Waals surface area contributed by atoms with E-state index in [-0.39, 0.29) is 17.6 Å². The molecule has 0 aliphatic carbocycles. The molecule has 7 heteroatoms. The number of carboxylic acids is 1. The Kier molecular flexibility index (Phi) is 4.74. The van der Waals surface area contributed by atoms with Crippen LogP contribution in [-0.2, 0) is 11.2 Å². The van der Waals surface area contributed by atoms with Crippen LogP contribution in [0.25, 0.3) is 0 Å². The summed E-state index contributed by atoms with van der Waals surface area (Å²) >= 11 is 0. The predicted octanol–water partition coefficient (Wildman–Crippen LogP) is 2.67. The van der Waals surface area contributed by atoms with Crippen LogP contribution in [0.15, 0.2) is 40.5 Å². The summed E-state index contributed by atoms with van der Waals surface area (Å²) in [6.07, 6.45) is 1.86. The number of aliphatic carboxylic acids is 1. The van der Waals surface area contributed by atoms with Gasteiger partial charge in [-0.15, -0.1) is 0 Å². The fourth-order valence-corrected chi connectivity index (χ4v) is 3.52. The fourth-order valence-electron chi connectivity index (χ4n) is 3.52. The summed E-state index contributed by atoms with van der Waals surface area (Å²) in [6, 6.07) is 7.04. The topological polar surface area (TPSA) is 115 Å². The molecule has 27 heavy (non-hydrogen) atoms. The number of methoxy groups -OCH3 is 1. The second kappa shape index (κ2) is 7.00. The molecule has 7 nitrogen and oxygen atoms in total. The lowest BCUT2D eigenvalue weighted by atomic mass is 9.81. The molecule has 0 saturated heterocycles. The van der Waals surface area contributed by atoms with Crippen LogP contribution in [0.1, 0.15) is 35.1 Å². The summed E-state index contributed by atoms with van der Waals surface area (Å²) in [7, 11) is 1.49. The number of nitriles is 1. The second-order valence-corrected chi connectivity index (χ2v) is 6.45. The number of aryl methyl sites for hydroxylation is 1. The number of ether oxygens (including phenoxy) is 1. The van der Waals surface area contributed by atoms with Crippen molar-refractivity contribution in [2.45, 2.75) is 26.2 Å². The van der Waals surface area contributed by atoms with Gasteiger partial charge in [-0.2, -0.15) is 5.26 Å². The first-order valence-electron chi connectivity index (χ1n) is 8.37. The smallest absolute Gasteiger partial charge is 0.333 e. The highest BCUT2D eigenvalue weighted by atomic mass is 16.5.